The Kier molecular flexibility index (Phi) is 5.81. The molecular formula is C16H17NO5S. The predicted octanol–water partition coefficient (Wildman–Crippen LogP) is 2.99. The third-order valence-corrected chi connectivity index (χ3v) is 4.07. The lowest BCUT2D eigenvalue weighted by Gasteiger charge is -2.11. The lowest BCUT2D eigenvalue weighted by Crippen LogP contribution is -2.29. The molecule has 0 saturated carbocycles. The highest BCUT2D eigenvalue weighted by Crippen LogP contribution is 2.34. The Balaban J connectivity index is 2.20. The van der Waals surface area contributed by atoms with Gasteiger partial charge in [-0.05, 0) is 30.3 Å². The first-order chi connectivity index (χ1) is 11.0. The smallest absolute Gasteiger partial charge is 0.341 e. The second-order valence-corrected chi connectivity index (χ2v) is 5.90. The van der Waals surface area contributed by atoms with Gasteiger partial charge in [-0.25, -0.2) is 4.79 Å². The van der Waals surface area contributed by atoms with E-state index in [9.17, 15) is 14.4 Å². The van der Waals surface area contributed by atoms with Crippen LogP contribution in [0.3, 0.4) is 0 Å². The molecule has 7 heteroatoms. The van der Waals surface area contributed by atoms with E-state index in [4.69, 9.17) is 9.84 Å². The highest BCUT2D eigenvalue weighted by Gasteiger charge is 2.34. The molecule has 1 aliphatic heterocycles. The molecule has 1 fully saturated rings. The fraction of sp³-hybridized carbons (Fsp3) is 0.312. The lowest BCUT2D eigenvalue weighted by atomic mass is 10.2. The van der Waals surface area contributed by atoms with Gasteiger partial charge < -0.3 is 9.84 Å². The number of benzene rings is 1. The van der Waals surface area contributed by atoms with Gasteiger partial charge >= 0.3 is 5.97 Å². The number of nitrogens with zero attached hydrogens (tertiary/aromatic N) is 1. The maximum Gasteiger partial charge on any atom is 0.341 e. The molecule has 0 atom stereocenters. The van der Waals surface area contributed by atoms with Crippen LogP contribution in [0.2, 0.25) is 0 Å². The van der Waals surface area contributed by atoms with Crippen molar-refractivity contribution in [2.24, 2.45) is 0 Å². The molecule has 1 aromatic rings. The summed E-state index contributed by atoms with van der Waals surface area (Å²) in [6, 6.07) is 6.79. The molecule has 6 nitrogen and oxygen atoms in total. The molecule has 1 heterocycles. The summed E-state index contributed by atoms with van der Waals surface area (Å²) in [7, 11) is 0. The summed E-state index contributed by atoms with van der Waals surface area (Å²) in [5, 5.41) is 8.41. The van der Waals surface area contributed by atoms with Crippen molar-refractivity contribution < 1.29 is 24.2 Å². The zero-order valence-electron chi connectivity index (χ0n) is 12.7. The number of hydrogen-bond donors (Lipinski definition) is 1. The maximum absolute atomic E-state index is 12.3. The van der Waals surface area contributed by atoms with E-state index in [0.29, 0.717) is 22.8 Å². The Morgan fingerprint density at radius 1 is 1.35 bits per heavy atom. The van der Waals surface area contributed by atoms with Crippen molar-refractivity contribution in [2.75, 3.05) is 13.2 Å². The van der Waals surface area contributed by atoms with Crippen molar-refractivity contribution in [1.29, 1.82) is 0 Å². The van der Waals surface area contributed by atoms with Crippen molar-refractivity contribution >= 4 is 35.0 Å². The van der Waals surface area contributed by atoms with E-state index in [1.165, 1.54) is 4.90 Å². The van der Waals surface area contributed by atoms with Crippen LogP contribution in [0.25, 0.3) is 6.08 Å². The van der Waals surface area contributed by atoms with Gasteiger partial charge in [-0.3, -0.25) is 14.5 Å². The van der Waals surface area contributed by atoms with Gasteiger partial charge in [0.05, 0.1) is 4.91 Å². The molecule has 0 aromatic heterocycles. The summed E-state index contributed by atoms with van der Waals surface area (Å²) < 4.78 is 5.20. The summed E-state index contributed by atoms with van der Waals surface area (Å²) in [5.74, 6) is -1.04. The van der Waals surface area contributed by atoms with Crippen LogP contribution in [0.5, 0.6) is 5.75 Å². The van der Waals surface area contributed by atoms with Crippen LogP contribution in [0.15, 0.2) is 29.2 Å². The van der Waals surface area contributed by atoms with E-state index in [1.54, 1.807) is 30.3 Å². The maximum atomic E-state index is 12.3. The second kappa shape index (κ2) is 7.82. The van der Waals surface area contributed by atoms with Crippen molar-refractivity contribution in [3.8, 4) is 5.75 Å². The third-order valence-electron chi connectivity index (χ3n) is 3.17. The Bertz CT molecular complexity index is 656. The topological polar surface area (TPSA) is 83.9 Å². The molecule has 23 heavy (non-hydrogen) atoms. The molecule has 0 bridgehead atoms. The molecular weight excluding hydrogens is 318 g/mol. The largest absolute Gasteiger partial charge is 0.481 e. The Morgan fingerprint density at radius 2 is 2.09 bits per heavy atom. The van der Waals surface area contributed by atoms with Gasteiger partial charge in [-0.1, -0.05) is 31.5 Å². The molecule has 2 amide bonds. The van der Waals surface area contributed by atoms with Crippen LogP contribution in [-0.2, 0) is 9.59 Å². The summed E-state index contributed by atoms with van der Waals surface area (Å²) in [5.41, 5.74) is 0.565. The van der Waals surface area contributed by atoms with E-state index in [2.05, 4.69) is 0 Å². The Morgan fingerprint density at radius 3 is 2.78 bits per heavy atom. The van der Waals surface area contributed by atoms with Crippen molar-refractivity contribution in [3.05, 3.63) is 34.7 Å². The molecule has 1 N–H and O–H groups in total. The number of para-hydroxylation sites is 1. The molecule has 1 saturated heterocycles. The number of carbonyl (C=O) groups is 3. The lowest BCUT2D eigenvalue weighted by molar-refractivity contribution is -0.139. The number of imide groups is 1. The van der Waals surface area contributed by atoms with Crippen molar-refractivity contribution in [1.82, 2.24) is 4.90 Å². The normalized spacial score (nSPS) is 16.2. The van der Waals surface area contributed by atoms with Crippen LogP contribution >= 0.6 is 11.8 Å². The summed E-state index contributed by atoms with van der Waals surface area (Å²) in [6.07, 6.45) is 3.23. The third kappa shape index (κ3) is 4.35. The number of unbranched alkanes of at least 4 members (excludes halogenated alkanes) is 1. The number of hydrogen-bond acceptors (Lipinski definition) is 5. The number of amides is 2. The fourth-order valence-corrected chi connectivity index (χ4v) is 2.88. The van der Waals surface area contributed by atoms with Crippen molar-refractivity contribution in [3.63, 3.8) is 0 Å². The number of carboxylic acid groups (broad SMARTS) is 1. The number of carboxylic acids is 1. The van der Waals surface area contributed by atoms with Crippen LogP contribution in [-0.4, -0.2) is 40.3 Å². The first kappa shape index (κ1) is 17.1. The minimum atomic E-state index is -1.08. The minimum Gasteiger partial charge on any atom is -0.481 e. The van der Waals surface area contributed by atoms with Gasteiger partial charge in [0, 0.05) is 12.1 Å². The standard InChI is InChI=1S/C16H17NO5S/c1-2-3-8-17-15(20)13(23-16(17)21)9-11-6-4-5-7-12(11)22-10-14(18)19/h4-7,9H,2-3,8,10H2,1H3,(H,18,19)/b13-9-. The average molecular weight is 335 g/mol. The second-order valence-electron chi connectivity index (χ2n) is 4.91. The highest BCUT2D eigenvalue weighted by atomic mass is 32.2. The van der Waals surface area contributed by atoms with E-state index >= 15 is 0 Å². The van der Waals surface area contributed by atoms with E-state index < -0.39 is 12.6 Å². The number of thioether (sulfide) groups is 1. The zero-order chi connectivity index (χ0) is 16.8. The summed E-state index contributed by atoms with van der Waals surface area (Å²) in [4.78, 5) is 36.4. The molecule has 1 aliphatic rings. The fourth-order valence-electron chi connectivity index (χ4n) is 2.02. The van der Waals surface area contributed by atoms with Crippen LogP contribution < -0.4 is 4.74 Å². The molecule has 0 unspecified atom stereocenters. The van der Waals surface area contributed by atoms with Crippen molar-refractivity contribution in [2.45, 2.75) is 19.8 Å². The molecule has 0 spiro atoms. The van der Waals surface area contributed by atoms with Gasteiger partial charge in [0.2, 0.25) is 0 Å². The monoisotopic (exact) mass is 335 g/mol. The first-order valence-corrected chi connectivity index (χ1v) is 8.03. The van der Waals surface area contributed by atoms with Crippen LogP contribution in [0.1, 0.15) is 25.3 Å². The van der Waals surface area contributed by atoms with Crippen LogP contribution in [0, 0.1) is 0 Å². The molecule has 1 aromatic carbocycles. The summed E-state index contributed by atoms with van der Waals surface area (Å²) in [6.45, 7) is 1.93. The SMILES string of the molecule is CCCCN1C(=O)S/C(=C\c2ccccc2OCC(=O)O)C1=O. The highest BCUT2D eigenvalue weighted by molar-refractivity contribution is 8.18. The summed E-state index contributed by atoms with van der Waals surface area (Å²) >= 11 is 0.887. The molecule has 0 radical (unpaired) electrons. The molecule has 0 aliphatic carbocycles. The average Bonchev–Trinajstić information content (AvgIpc) is 2.78. The molecule has 122 valence electrons. The van der Waals surface area contributed by atoms with Gasteiger partial charge in [0.1, 0.15) is 5.75 Å². The zero-order valence-corrected chi connectivity index (χ0v) is 13.5. The number of carbonyl (C=O) groups excluding carboxylic acids is 2. The van der Waals surface area contributed by atoms with E-state index in [1.807, 2.05) is 6.92 Å². The van der Waals surface area contributed by atoms with Crippen LogP contribution in [0.4, 0.5) is 4.79 Å². The predicted molar refractivity (Wildman–Crippen MR) is 87.2 cm³/mol. The van der Waals surface area contributed by atoms with E-state index in [0.717, 1.165) is 24.6 Å². The van der Waals surface area contributed by atoms with E-state index in [-0.39, 0.29) is 11.1 Å². The van der Waals surface area contributed by atoms with Gasteiger partial charge in [0.15, 0.2) is 6.61 Å². The Hall–Kier alpha value is -2.28. The first-order valence-electron chi connectivity index (χ1n) is 7.22. The minimum absolute atomic E-state index is 0.279. The van der Waals surface area contributed by atoms with Gasteiger partial charge in [-0.15, -0.1) is 0 Å². The van der Waals surface area contributed by atoms with Gasteiger partial charge in [-0.2, -0.15) is 0 Å². The quantitative estimate of drug-likeness (QED) is 0.771. The number of aliphatic carboxylic acids is 1. The number of rotatable bonds is 7. The van der Waals surface area contributed by atoms with Gasteiger partial charge in [0.25, 0.3) is 11.1 Å². The number of ether oxygens (including phenoxy) is 1. The molecule has 2 rings (SSSR count). The Labute approximate surface area is 138 Å².